The second kappa shape index (κ2) is 5.40. The maximum absolute atomic E-state index is 9.59. The molecule has 2 N–H and O–H groups in total. The fourth-order valence-electron chi connectivity index (χ4n) is 2.26. The van der Waals surface area contributed by atoms with Gasteiger partial charge < -0.3 is 10.4 Å². The predicted octanol–water partition coefficient (Wildman–Crippen LogP) is 3.80. The number of aliphatic hydroxyl groups excluding tert-OH is 1. The monoisotopic (exact) mass is 243 g/mol. The van der Waals surface area contributed by atoms with Gasteiger partial charge in [0.25, 0.3) is 0 Å². The van der Waals surface area contributed by atoms with Crippen molar-refractivity contribution in [1.82, 2.24) is 0 Å². The maximum Gasteiger partial charge on any atom is 0.0661 e. The van der Waals surface area contributed by atoms with Gasteiger partial charge in [0.05, 0.1) is 12.1 Å². The lowest BCUT2D eigenvalue weighted by molar-refractivity contribution is 0.202. The van der Waals surface area contributed by atoms with Crippen molar-refractivity contribution in [3.05, 3.63) is 42.5 Å². The van der Waals surface area contributed by atoms with Gasteiger partial charge in [-0.3, -0.25) is 0 Å². The highest BCUT2D eigenvalue weighted by atomic mass is 16.3. The summed E-state index contributed by atoms with van der Waals surface area (Å²) in [6.45, 7) is 4.37. The standard InChI is InChI=1S/C16H21NO/c1-3-16(4-2,12-18)17-15-10-9-13-7-5-6-8-14(13)11-15/h5-11,17-18H,3-4,12H2,1-2H3. The van der Waals surface area contributed by atoms with Crippen molar-refractivity contribution in [1.29, 1.82) is 0 Å². The van der Waals surface area contributed by atoms with E-state index in [1.165, 1.54) is 10.8 Å². The molecule has 2 aromatic rings. The molecule has 2 nitrogen and oxygen atoms in total. The average Bonchev–Trinajstić information content (AvgIpc) is 2.45. The van der Waals surface area contributed by atoms with Crippen molar-refractivity contribution in [2.45, 2.75) is 32.2 Å². The van der Waals surface area contributed by atoms with Gasteiger partial charge in [0.2, 0.25) is 0 Å². The molecule has 96 valence electrons. The zero-order valence-electron chi connectivity index (χ0n) is 11.1. The van der Waals surface area contributed by atoms with Crippen LogP contribution in [-0.2, 0) is 0 Å². The van der Waals surface area contributed by atoms with E-state index in [1.807, 2.05) is 12.1 Å². The quantitative estimate of drug-likeness (QED) is 0.837. The smallest absolute Gasteiger partial charge is 0.0661 e. The van der Waals surface area contributed by atoms with Gasteiger partial charge in [-0.15, -0.1) is 0 Å². The number of fused-ring (bicyclic) bond motifs is 1. The molecule has 0 saturated heterocycles. The molecule has 0 radical (unpaired) electrons. The van der Waals surface area contributed by atoms with Crippen molar-refractivity contribution < 1.29 is 5.11 Å². The Kier molecular flexibility index (Phi) is 3.87. The number of hydrogen-bond acceptors (Lipinski definition) is 2. The van der Waals surface area contributed by atoms with Crippen molar-refractivity contribution in [2.24, 2.45) is 0 Å². The maximum atomic E-state index is 9.59. The summed E-state index contributed by atoms with van der Waals surface area (Å²) in [7, 11) is 0. The van der Waals surface area contributed by atoms with Crippen LogP contribution in [0.1, 0.15) is 26.7 Å². The Morgan fingerprint density at radius 1 is 1.00 bits per heavy atom. The number of benzene rings is 2. The van der Waals surface area contributed by atoms with Crippen LogP contribution in [0.4, 0.5) is 5.69 Å². The van der Waals surface area contributed by atoms with Crippen LogP contribution >= 0.6 is 0 Å². The Labute approximate surface area is 109 Å². The van der Waals surface area contributed by atoms with E-state index in [0.717, 1.165) is 18.5 Å². The zero-order chi connectivity index (χ0) is 13.0. The molecule has 2 heteroatoms. The first-order valence-corrected chi connectivity index (χ1v) is 6.61. The van der Waals surface area contributed by atoms with Crippen LogP contribution < -0.4 is 5.32 Å². The van der Waals surface area contributed by atoms with Gasteiger partial charge in [0.15, 0.2) is 0 Å². The fraction of sp³-hybridized carbons (Fsp3) is 0.375. The molecular formula is C16H21NO. The highest BCUT2D eigenvalue weighted by Gasteiger charge is 2.24. The van der Waals surface area contributed by atoms with E-state index in [0.29, 0.717) is 0 Å². The molecule has 0 bridgehead atoms. The van der Waals surface area contributed by atoms with Crippen LogP contribution in [0.5, 0.6) is 0 Å². The van der Waals surface area contributed by atoms with Crippen LogP contribution in [0.2, 0.25) is 0 Å². The number of anilines is 1. The fourth-order valence-corrected chi connectivity index (χ4v) is 2.26. The lowest BCUT2D eigenvalue weighted by Gasteiger charge is -2.32. The summed E-state index contributed by atoms with van der Waals surface area (Å²) in [6.07, 6.45) is 1.82. The van der Waals surface area contributed by atoms with Gasteiger partial charge in [-0.05, 0) is 35.7 Å². The van der Waals surface area contributed by atoms with Crippen molar-refractivity contribution >= 4 is 16.5 Å². The summed E-state index contributed by atoms with van der Waals surface area (Å²) in [5.74, 6) is 0. The molecule has 0 atom stereocenters. The van der Waals surface area contributed by atoms with E-state index >= 15 is 0 Å². The van der Waals surface area contributed by atoms with E-state index in [-0.39, 0.29) is 12.1 Å². The SMILES string of the molecule is CCC(CC)(CO)Nc1ccc2ccccc2c1. The molecule has 0 spiro atoms. The Morgan fingerprint density at radius 2 is 1.67 bits per heavy atom. The third kappa shape index (κ3) is 2.49. The number of hydrogen-bond donors (Lipinski definition) is 2. The third-order valence-corrected chi connectivity index (χ3v) is 3.82. The minimum Gasteiger partial charge on any atom is -0.394 e. The Bertz CT molecular complexity index is 509. The summed E-state index contributed by atoms with van der Waals surface area (Å²) in [6, 6.07) is 14.7. The Morgan fingerprint density at radius 3 is 2.28 bits per heavy atom. The third-order valence-electron chi connectivity index (χ3n) is 3.82. The molecule has 2 rings (SSSR count). The number of aliphatic hydroxyl groups is 1. The molecule has 18 heavy (non-hydrogen) atoms. The normalized spacial score (nSPS) is 11.7. The van der Waals surface area contributed by atoms with E-state index in [9.17, 15) is 5.11 Å². The van der Waals surface area contributed by atoms with Gasteiger partial charge in [0, 0.05) is 5.69 Å². The van der Waals surface area contributed by atoms with Crippen molar-refractivity contribution in [3.8, 4) is 0 Å². The molecule has 0 amide bonds. The van der Waals surface area contributed by atoms with Gasteiger partial charge >= 0.3 is 0 Å². The largest absolute Gasteiger partial charge is 0.394 e. The van der Waals surface area contributed by atoms with E-state index in [4.69, 9.17) is 0 Å². The van der Waals surface area contributed by atoms with Crippen LogP contribution in [0.15, 0.2) is 42.5 Å². The summed E-state index contributed by atoms with van der Waals surface area (Å²) in [5.41, 5.74) is 0.870. The molecule has 0 aliphatic heterocycles. The van der Waals surface area contributed by atoms with Crippen LogP contribution in [0.25, 0.3) is 10.8 Å². The highest BCUT2D eigenvalue weighted by molar-refractivity contribution is 5.85. The zero-order valence-corrected chi connectivity index (χ0v) is 11.1. The van der Waals surface area contributed by atoms with E-state index in [1.54, 1.807) is 0 Å². The van der Waals surface area contributed by atoms with Crippen molar-refractivity contribution in [3.63, 3.8) is 0 Å². The van der Waals surface area contributed by atoms with E-state index in [2.05, 4.69) is 49.5 Å². The van der Waals surface area contributed by atoms with Gasteiger partial charge in [-0.25, -0.2) is 0 Å². The summed E-state index contributed by atoms with van der Waals surface area (Å²) in [5, 5.41) is 15.5. The minimum absolute atomic E-state index is 0.160. The Hall–Kier alpha value is -1.54. The minimum atomic E-state index is -0.206. The topological polar surface area (TPSA) is 32.3 Å². The lowest BCUT2D eigenvalue weighted by Crippen LogP contribution is -2.40. The molecule has 0 aliphatic carbocycles. The van der Waals surface area contributed by atoms with Crippen LogP contribution in [0, 0.1) is 0 Å². The first kappa shape index (κ1) is 12.9. The number of nitrogens with one attached hydrogen (secondary N) is 1. The summed E-state index contributed by atoms with van der Waals surface area (Å²) < 4.78 is 0. The van der Waals surface area contributed by atoms with Gasteiger partial charge in [0.1, 0.15) is 0 Å². The molecule has 0 unspecified atom stereocenters. The first-order chi connectivity index (χ1) is 8.73. The van der Waals surface area contributed by atoms with E-state index < -0.39 is 0 Å². The molecule has 0 saturated carbocycles. The van der Waals surface area contributed by atoms with Gasteiger partial charge in [-0.2, -0.15) is 0 Å². The first-order valence-electron chi connectivity index (χ1n) is 6.61. The predicted molar refractivity (Wildman–Crippen MR) is 78.0 cm³/mol. The summed E-state index contributed by atoms with van der Waals surface area (Å²) >= 11 is 0. The molecule has 0 heterocycles. The van der Waals surface area contributed by atoms with Crippen LogP contribution in [-0.4, -0.2) is 17.3 Å². The molecule has 0 aromatic heterocycles. The Balaban J connectivity index is 2.31. The van der Waals surface area contributed by atoms with Crippen LogP contribution in [0.3, 0.4) is 0 Å². The second-order valence-corrected chi connectivity index (χ2v) is 4.83. The average molecular weight is 243 g/mol. The number of rotatable bonds is 5. The van der Waals surface area contributed by atoms with Gasteiger partial charge in [-0.1, -0.05) is 44.2 Å². The highest BCUT2D eigenvalue weighted by Crippen LogP contribution is 2.25. The lowest BCUT2D eigenvalue weighted by atomic mass is 9.93. The molecule has 2 aromatic carbocycles. The molecular weight excluding hydrogens is 222 g/mol. The molecule has 0 aliphatic rings. The van der Waals surface area contributed by atoms with Crippen molar-refractivity contribution in [2.75, 3.05) is 11.9 Å². The second-order valence-electron chi connectivity index (χ2n) is 4.83. The summed E-state index contributed by atoms with van der Waals surface area (Å²) in [4.78, 5) is 0. The molecule has 0 fully saturated rings.